The number of nitrogens with zero attached hydrogens (tertiary/aromatic N) is 4. The Morgan fingerprint density at radius 2 is 2.30 bits per heavy atom. The molecule has 122 valence electrons. The normalized spacial score (nSPS) is 18.2. The van der Waals surface area contributed by atoms with Crippen molar-refractivity contribution in [3.63, 3.8) is 0 Å². The molecular formula is C16H20ClN5O. The summed E-state index contributed by atoms with van der Waals surface area (Å²) in [5.74, 6) is 1.85. The first kappa shape index (κ1) is 15.9. The molecule has 23 heavy (non-hydrogen) atoms. The molecule has 1 fully saturated rings. The molecule has 1 amide bonds. The molecule has 2 aromatic rings. The number of aromatic amines is 1. The number of carbonyl (C=O) groups excluding carboxylic acids is 1. The highest BCUT2D eigenvalue weighted by Crippen LogP contribution is 2.31. The molecule has 1 unspecified atom stereocenters. The first-order valence-electron chi connectivity index (χ1n) is 7.90. The molecule has 0 radical (unpaired) electrons. The first-order chi connectivity index (χ1) is 11.2. The molecule has 3 heterocycles. The summed E-state index contributed by atoms with van der Waals surface area (Å²) in [6, 6.07) is 1.93. The van der Waals surface area contributed by atoms with Crippen molar-refractivity contribution in [1.29, 1.82) is 0 Å². The van der Waals surface area contributed by atoms with Crippen molar-refractivity contribution < 1.29 is 4.79 Å². The quantitative estimate of drug-likeness (QED) is 0.873. The van der Waals surface area contributed by atoms with E-state index < -0.39 is 0 Å². The summed E-state index contributed by atoms with van der Waals surface area (Å²) >= 11 is 5.74. The van der Waals surface area contributed by atoms with E-state index >= 15 is 0 Å². The zero-order chi connectivity index (χ0) is 16.2. The zero-order valence-corrected chi connectivity index (χ0v) is 13.9. The van der Waals surface area contributed by atoms with E-state index in [0.717, 1.165) is 37.2 Å². The van der Waals surface area contributed by atoms with Gasteiger partial charge in [-0.3, -0.25) is 4.79 Å². The van der Waals surface area contributed by atoms with Crippen molar-refractivity contribution in [3.8, 4) is 11.5 Å². The molecule has 6 nitrogen and oxygen atoms in total. The Balaban J connectivity index is 1.93. The monoisotopic (exact) mass is 333 g/mol. The average Bonchev–Trinajstić information content (AvgIpc) is 3.09. The van der Waals surface area contributed by atoms with Crippen LogP contribution in [0.1, 0.15) is 43.2 Å². The number of imidazole rings is 1. The van der Waals surface area contributed by atoms with Gasteiger partial charge in [0, 0.05) is 31.2 Å². The van der Waals surface area contributed by atoms with E-state index in [-0.39, 0.29) is 11.9 Å². The maximum atomic E-state index is 12.4. The molecule has 1 aliphatic rings. The maximum absolute atomic E-state index is 12.4. The van der Waals surface area contributed by atoms with Gasteiger partial charge in [0.25, 0.3) is 0 Å². The molecule has 0 bridgehead atoms. The van der Waals surface area contributed by atoms with Crippen LogP contribution in [0.4, 0.5) is 0 Å². The number of amides is 1. The van der Waals surface area contributed by atoms with Gasteiger partial charge in [0.05, 0.1) is 11.7 Å². The van der Waals surface area contributed by atoms with Crippen molar-refractivity contribution in [2.24, 2.45) is 0 Å². The van der Waals surface area contributed by atoms with Crippen LogP contribution in [0, 0.1) is 6.92 Å². The van der Waals surface area contributed by atoms with Gasteiger partial charge in [0.1, 0.15) is 11.5 Å². The number of carbonyl (C=O) groups is 1. The zero-order valence-electron chi connectivity index (χ0n) is 13.1. The summed E-state index contributed by atoms with van der Waals surface area (Å²) in [4.78, 5) is 30.6. The molecule has 0 aromatic carbocycles. The van der Waals surface area contributed by atoms with Crippen LogP contribution in [-0.4, -0.2) is 43.2 Å². The molecule has 0 spiro atoms. The largest absolute Gasteiger partial charge is 0.343 e. The first-order valence-corrected chi connectivity index (χ1v) is 8.43. The lowest BCUT2D eigenvalue weighted by Gasteiger charge is -2.35. The predicted molar refractivity (Wildman–Crippen MR) is 88.0 cm³/mol. The summed E-state index contributed by atoms with van der Waals surface area (Å²) in [7, 11) is 0. The third-order valence-corrected chi connectivity index (χ3v) is 4.26. The molecule has 0 saturated carbocycles. The number of hydrogen-bond acceptors (Lipinski definition) is 4. The lowest BCUT2D eigenvalue weighted by atomic mass is 9.98. The van der Waals surface area contributed by atoms with E-state index in [1.54, 1.807) is 12.4 Å². The van der Waals surface area contributed by atoms with Gasteiger partial charge in [-0.05, 0) is 32.3 Å². The van der Waals surface area contributed by atoms with E-state index in [4.69, 9.17) is 11.6 Å². The van der Waals surface area contributed by atoms with E-state index in [0.29, 0.717) is 23.9 Å². The lowest BCUT2D eigenvalue weighted by Crippen LogP contribution is -2.39. The molecule has 1 aliphatic heterocycles. The second-order valence-corrected chi connectivity index (χ2v) is 6.08. The van der Waals surface area contributed by atoms with Crippen LogP contribution in [0.5, 0.6) is 0 Å². The molecule has 2 aromatic heterocycles. The highest BCUT2D eigenvalue weighted by atomic mass is 35.5. The van der Waals surface area contributed by atoms with Crippen LogP contribution in [0.2, 0.25) is 0 Å². The molecule has 7 heteroatoms. The van der Waals surface area contributed by atoms with Crippen molar-refractivity contribution in [1.82, 2.24) is 24.8 Å². The second-order valence-electron chi connectivity index (χ2n) is 5.70. The van der Waals surface area contributed by atoms with E-state index in [2.05, 4.69) is 19.9 Å². The van der Waals surface area contributed by atoms with Crippen LogP contribution in [0.15, 0.2) is 18.5 Å². The molecule has 1 saturated heterocycles. The van der Waals surface area contributed by atoms with Crippen LogP contribution in [-0.2, 0) is 4.79 Å². The smallest absolute Gasteiger partial charge is 0.224 e. The number of nitrogens with one attached hydrogen (secondary N) is 1. The Morgan fingerprint density at radius 1 is 1.43 bits per heavy atom. The third kappa shape index (κ3) is 3.52. The summed E-state index contributed by atoms with van der Waals surface area (Å²) in [6.45, 7) is 2.63. The van der Waals surface area contributed by atoms with Gasteiger partial charge in [-0.1, -0.05) is 0 Å². The molecule has 1 atom stereocenters. The van der Waals surface area contributed by atoms with E-state index in [1.807, 2.05) is 17.9 Å². The van der Waals surface area contributed by atoms with Gasteiger partial charge in [0.2, 0.25) is 5.91 Å². The molecule has 1 N–H and O–H groups in total. The predicted octanol–water partition coefficient (Wildman–Crippen LogP) is 2.86. The number of H-pyrrole nitrogens is 1. The second kappa shape index (κ2) is 7.08. The van der Waals surface area contributed by atoms with Gasteiger partial charge in [-0.25, -0.2) is 15.0 Å². The molecule has 0 aliphatic carbocycles. The Morgan fingerprint density at radius 3 is 3.04 bits per heavy atom. The van der Waals surface area contributed by atoms with Crippen LogP contribution < -0.4 is 0 Å². The van der Waals surface area contributed by atoms with Gasteiger partial charge in [-0.15, -0.1) is 11.6 Å². The van der Waals surface area contributed by atoms with E-state index in [9.17, 15) is 4.79 Å². The highest BCUT2D eigenvalue weighted by molar-refractivity contribution is 6.18. The minimum atomic E-state index is -0.00474. The number of halogens is 1. The summed E-state index contributed by atoms with van der Waals surface area (Å²) in [5, 5.41) is 0. The summed E-state index contributed by atoms with van der Waals surface area (Å²) in [6.07, 6.45) is 6.87. The number of piperidine rings is 1. The lowest BCUT2D eigenvalue weighted by molar-refractivity contribution is -0.134. The minimum absolute atomic E-state index is 0.00474. The third-order valence-electron chi connectivity index (χ3n) is 4.07. The highest BCUT2D eigenvalue weighted by Gasteiger charge is 2.29. The molecule has 3 rings (SSSR count). The Kier molecular flexibility index (Phi) is 4.91. The number of aryl methyl sites for hydroxylation is 1. The average molecular weight is 334 g/mol. The minimum Gasteiger partial charge on any atom is -0.343 e. The fourth-order valence-electron chi connectivity index (χ4n) is 3.05. The number of rotatable bonds is 4. The fourth-order valence-corrected chi connectivity index (χ4v) is 3.21. The Labute approximate surface area is 140 Å². The van der Waals surface area contributed by atoms with Crippen molar-refractivity contribution in [2.75, 3.05) is 12.4 Å². The SMILES string of the molecule is Cc1nc(-c2ncc[nH]2)cc(C2CCCCN2C(=O)CCCl)n1. The number of aromatic nitrogens is 4. The van der Waals surface area contributed by atoms with Gasteiger partial charge in [-0.2, -0.15) is 0 Å². The fraction of sp³-hybridized carbons (Fsp3) is 0.500. The van der Waals surface area contributed by atoms with Gasteiger partial charge in [0.15, 0.2) is 5.82 Å². The van der Waals surface area contributed by atoms with Crippen molar-refractivity contribution in [3.05, 3.63) is 30.0 Å². The van der Waals surface area contributed by atoms with Crippen LogP contribution in [0.25, 0.3) is 11.5 Å². The van der Waals surface area contributed by atoms with Crippen molar-refractivity contribution >= 4 is 17.5 Å². The summed E-state index contributed by atoms with van der Waals surface area (Å²) in [5.41, 5.74) is 1.64. The number of hydrogen-bond donors (Lipinski definition) is 1. The molecular weight excluding hydrogens is 314 g/mol. The van der Waals surface area contributed by atoms with Gasteiger partial charge < -0.3 is 9.88 Å². The van der Waals surface area contributed by atoms with Crippen molar-refractivity contribution in [2.45, 2.75) is 38.6 Å². The summed E-state index contributed by atoms with van der Waals surface area (Å²) < 4.78 is 0. The standard InChI is InChI=1S/C16H20ClN5O/c1-11-20-12(10-13(21-11)16-18-7-8-19-16)14-4-2-3-9-22(14)15(23)5-6-17/h7-8,10,14H,2-6,9H2,1H3,(H,18,19). The van der Waals surface area contributed by atoms with Gasteiger partial charge >= 0.3 is 0 Å². The van der Waals surface area contributed by atoms with Crippen LogP contribution >= 0.6 is 11.6 Å². The Hall–Kier alpha value is -1.95. The number of likely N-dealkylation sites (tertiary alicyclic amines) is 1. The number of alkyl halides is 1. The Bertz CT molecular complexity index is 673. The maximum Gasteiger partial charge on any atom is 0.224 e. The van der Waals surface area contributed by atoms with Crippen LogP contribution in [0.3, 0.4) is 0 Å². The van der Waals surface area contributed by atoms with E-state index in [1.165, 1.54) is 0 Å². The topological polar surface area (TPSA) is 74.8 Å².